The molecule has 0 aliphatic heterocycles. The molecule has 2 amide bonds. The van der Waals surface area contributed by atoms with Gasteiger partial charge in [0.2, 0.25) is 5.91 Å². The Morgan fingerprint density at radius 3 is 2.40 bits per heavy atom. The van der Waals surface area contributed by atoms with Gasteiger partial charge in [0.05, 0.1) is 5.69 Å². The smallest absolute Gasteiger partial charge is 0.254 e. The molecule has 0 radical (unpaired) electrons. The summed E-state index contributed by atoms with van der Waals surface area (Å²) < 4.78 is 27.0. The monoisotopic (exact) mass is 429 g/mol. The standard InChI is InChI=1S/C22H21F2N3O2S/c1-14(2)11-27(21(29)16-8-17(23)10-18(24)9-16)12-20(28)26-22-25-19(13-30-22)15-6-4-3-5-7-15/h3-10,13-14H,11-12H2,1-2H3,(H,25,26,28). The first-order valence-electron chi connectivity index (χ1n) is 9.38. The fraction of sp³-hybridized carbons (Fsp3) is 0.227. The van der Waals surface area contributed by atoms with Crippen molar-refractivity contribution in [3.05, 3.63) is 71.1 Å². The van der Waals surface area contributed by atoms with Crippen LogP contribution in [0.1, 0.15) is 24.2 Å². The quantitative estimate of drug-likeness (QED) is 0.585. The molecule has 30 heavy (non-hydrogen) atoms. The second-order valence-electron chi connectivity index (χ2n) is 7.19. The van der Waals surface area contributed by atoms with Gasteiger partial charge in [0.1, 0.15) is 18.2 Å². The number of nitrogens with one attached hydrogen (secondary N) is 1. The van der Waals surface area contributed by atoms with Crippen LogP contribution in [0.25, 0.3) is 11.3 Å². The van der Waals surface area contributed by atoms with Gasteiger partial charge in [-0.15, -0.1) is 11.3 Å². The lowest BCUT2D eigenvalue weighted by Gasteiger charge is -2.24. The summed E-state index contributed by atoms with van der Waals surface area (Å²) in [6, 6.07) is 12.2. The Hall–Kier alpha value is -3.13. The maximum absolute atomic E-state index is 13.5. The van der Waals surface area contributed by atoms with Crippen molar-refractivity contribution >= 4 is 28.3 Å². The van der Waals surface area contributed by atoms with E-state index in [-0.39, 0.29) is 24.6 Å². The molecule has 1 aromatic heterocycles. The number of amides is 2. The van der Waals surface area contributed by atoms with E-state index in [1.165, 1.54) is 16.2 Å². The molecule has 0 saturated carbocycles. The summed E-state index contributed by atoms with van der Waals surface area (Å²) in [6.07, 6.45) is 0. The Balaban J connectivity index is 1.71. The summed E-state index contributed by atoms with van der Waals surface area (Å²) in [6.45, 7) is 3.78. The normalized spacial score (nSPS) is 10.8. The Bertz CT molecular complexity index is 1020. The van der Waals surface area contributed by atoms with Crippen LogP contribution < -0.4 is 5.32 Å². The zero-order valence-corrected chi connectivity index (χ0v) is 17.4. The van der Waals surface area contributed by atoms with Crippen molar-refractivity contribution in [1.29, 1.82) is 0 Å². The number of nitrogens with zero attached hydrogens (tertiary/aromatic N) is 2. The van der Waals surface area contributed by atoms with Gasteiger partial charge in [0.15, 0.2) is 5.13 Å². The highest BCUT2D eigenvalue weighted by atomic mass is 32.1. The molecule has 0 fully saturated rings. The number of halogens is 2. The maximum atomic E-state index is 13.5. The SMILES string of the molecule is CC(C)CN(CC(=O)Nc1nc(-c2ccccc2)cs1)C(=O)c1cc(F)cc(F)c1. The fourth-order valence-corrected chi connectivity index (χ4v) is 3.66. The van der Waals surface area contributed by atoms with Crippen LogP contribution in [0.5, 0.6) is 0 Å². The largest absolute Gasteiger partial charge is 0.329 e. The first-order valence-corrected chi connectivity index (χ1v) is 10.3. The van der Waals surface area contributed by atoms with Crippen LogP contribution in [0.3, 0.4) is 0 Å². The number of hydrogen-bond acceptors (Lipinski definition) is 4. The summed E-state index contributed by atoms with van der Waals surface area (Å²) in [7, 11) is 0. The molecule has 5 nitrogen and oxygen atoms in total. The fourth-order valence-electron chi connectivity index (χ4n) is 2.92. The van der Waals surface area contributed by atoms with E-state index in [2.05, 4.69) is 10.3 Å². The van der Waals surface area contributed by atoms with Gasteiger partial charge in [-0.2, -0.15) is 0 Å². The van der Waals surface area contributed by atoms with Crippen molar-refractivity contribution in [3.8, 4) is 11.3 Å². The highest BCUT2D eigenvalue weighted by Gasteiger charge is 2.21. The van der Waals surface area contributed by atoms with Crippen molar-refractivity contribution in [2.24, 2.45) is 5.92 Å². The number of carbonyl (C=O) groups excluding carboxylic acids is 2. The molecule has 0 bridgehead atoms. The molecule has 1 heterocycles. The first-order chi connectivity index (χ1) is 14.3. The Morgan fingerprint density at radius 1 is 1.10 bits per heavy atom. The number of hydrogen-bond donors (Lipinski definition) is 1. The maximum Gasteiger partial charge on any atom is 0.254 e. The van der Waals surface area contributed by atoms with E-state index in [1.807, 2.05) is 49.6 Å². The third kappa shape index (κ3) is 5.70. The molecular formula is C22H21F2N3O2S. The molecule has 1 N–H and O–H groups in total. The average Bonchev–Trinajstić information content (AvgIpc) is 3.15. The lowest BCUT2D eigenvalue weighted by Crippen LogP contribution is -2.40. The van der Waals surface area contributed by atoms with E-state index in [0.29, 0.717) is 11.2 Å². The van der Waals surface area contributed by atoms with E-state index in [4.69, 9.17) is 0 Å². The van der Waals surface area contributed by atoms with Gasteiger partial charge in [0, 0.05) is 29.1 Å². The zero-order chi connectivity index (χ0) is 21.7. The number of anilines is 1. The lowest BCUT2D eigenvalue weighted by molar-refractivity contribution is -0.117. The minimum Gasteiger partial charge on any atom is -0.329 e. The van der Waals surface area contributed by atoms with Gasteiger partial charge in [-0.25, -0.2) is 13.8 Å². The van der Waals surface area contributed by atoms with Crippen LogP contribution in [-0.2, 0) is 4.79 Å². The molecule has 0 atom stereocenters. The molecule has 0 spiro atoms. The highest BCUT2D eigenvalue weighted by molar-refractivity contribution is 7.14. The predicted molar refractivity (Wildman–Crippen MR) is 113 cm³/mol. The van der Waals surface area contributed by atoms with Crippen LogP contribution in [0.2, 0.25) is 0 Å². The lowest BCUT2D eigenvalue weighted by atomic mass is 10.1. The van der Waals surface area contributed by atoms with Gasteiger partial charge in [-0.1, -0.05) is 44.2 Å². The molecule has 3 rings (SSSR count). The summed E-state index contributed by atoms with van der Waals surface area (Å²) in [5.41, 5.74) is 1.53. The van der Waals surface area contributed by atoms with Crippen molar-refractivity contribution in [3.63, 3.8) is 0 Å². The summed E-state index contributed by atoms with van der Waals surface area (Å²) in [4.78, 5) is 31.0. The summed E-state index contributed by atoms with van der Waals surface area (Å²) >= 11 is 1.28. The number of thiazole rings is 1. The van der Waals surface area contributed by atoms with Crippen molar-refractivity contribution in [1.82, 2.24) is 9.88 Å². The van der Waals surface area contributed by atoms with E-state index in [0.717, 1.165) is 23.4 Å². The number of rotatable bonds is 7. The van der Waals surface area contributed by atoms with E-state index >= 15 is 0 Å². The third-order valence-corrected chi connectivity index (χ3v) is 4.89. The van der Waals surface area contributed by atoms with Crippen molar-refractivity contribution < 1.29 is 18.4 Å². The molecular weight excluding hydrogens is 408 g/mol. The van der Waals surface area contributed by atoms with E-state index < -0.39 is 23.4 Å². The van der Waals surface area contributed by atoms with Crippen LogP contribution in [0, 0.1) is 17.6 Å². The molecule has 0 saturated heterocycles. The van der Waals surface area contributed by atoms with Crippen LogP contribution in [0.15, 0.2) is 53.9 Å². The summed E-state index contributed by atoms with van der Waals surface area (Å²) in [5.74, 6) is -2.67. The Labute approximate surface area is 177 Å². The van der Waals surface area contributed by atoms with Gasteiger partial charge in [-0.3, -0.25) is 9.59 Å². The minimum atomic E-state index is -0.844. The molecule has 156 valence electrons. The predicted octanol–water partition coefficient (Wildman–Crippen LogP) is 4.83. The number of benzene rings is 2. The number of carbonyl (C=O) groups is 2. The first kappa shape index (κ1) is 21.6. The molecule has 0 unspecified atom stereocenters. The molecule has 8 heteroatoms. The van der Waals surface area contributed by atoms with Crippen LogP contribution in [0.4, 0.5) is 13.9 Å². The topological polar surface area (TPSA) is 62.3 Å². The molecule has 2 aromatic carbocycles. The second-order valence-corrected chi connectivity index (χ2v) is 8.05. The Morgan fingerprint density at radius 2 is 1.77 bits per heavy atom. The van der Waals surface area contributed by atoms with Gasteiger partial charge < -0.3 is 10.2 Å². The zero-order valence-electron chi connectivity index (χ0n) is 16.6. The van der Waals surface area contributed by atoms with Gasteiger partial charge >= 0.3 is 0 Å². The minimum absolute atomic E-state index is 0.0599. The summed E-state index contributed by atoms with van der Waals surface area (Å²) in [5, 5.41) is 4.93. The van der Waals surface area contributed by atoms with Crippen molar-refractivity contribution in [2.45, 2.75) is 13.8 Å². The third-order valence-electron chi connectivity index (χ3n) is 4.14. The molecule has 3 aromatic rings. The van der Waals surface area contributed by atoms with Gasteiger partial charge in [0.25, 0.3) is 5.91 Å². The van der Waals surface area contributed by atoms with E-state index in [1.54, 1.807) is 0 Å². The van der Waals surface area contributed by atoms with Crippen LogP contribution >= 0.6 is 11.3 Å². The average molecular weight is 429 g/mol. The van der Waals surface area contributed by atoms with Crippen LogP contribution in [-0.4, -0.2) is 34.8 Å². The van der Waals surface area contributed by atoms with Crippen molar-refractivity contribution in [2.75, 3.05) is 18.4 Å². The van der Waals surface area contributed by atoms with E-state index in [9.17, 15) is 18.4 Å². The number of aromatic nitrogens is 1. The highest BCUT2D eigenvalue weighted by Crippen LogP contribution is 2.24. The molecule has 0 aliphatic rings. The molecule has 0 aliphatic carbocycles. The Kier molecular flexibility index (Phi) is 6.89. The van der Waals surface area contributed by atoms with Gasteiger partial charge in [-0.05, 0) is 18.1 Å². The second kappa shape index (κ2) is 9.58.